The Morgan fingerprint density at radius 1 is 1.00 bits per heavy atom. The van der Waals surface area contributed by atoms with Crippen molar-refractivity contribution in [2.45, 2.75) is 0 Å². The van der Waals surface area contributed by atoms with E-state index >= 15 is 0 Å². The van der Waals surface area contributed by atoms with E-state index in [0.29, 0.717) is 0 Å². The van der Waals surface area contributed by atoms with E-state index < -0.39 is 0 Å². The molecule has 0 radical (unpaired) electrons. The molecule has 0 unspecified atom stereocenters. The molecule has 0 saturated heterocycles. The van der Waals surface area contributed by atoms with Gasteiger partial charge < -0.3 is 0 Å². The molecule has 1 aromatic heterocycles. The predicted octanol–water partition coefficient (Wildman–Crippen LogP) is 2.23. The third-order valence-electron chi connectivity index (χ3n) is 1.91. The Balaban J connectivity index is 2.51. The van der Waals surface area contributed by atoms with Gasteiger partial charge in [0.15, 0.2) is 0 Å². The molecular formula is C11H8ClNSe. The SMILES string of the molecule is Cl[Se]c1ccccc1-c1ccccn1. The molecule has 70 valence electrons. The maximum absolute atomic E-state index is 5.92. The van der Waals surface area contributed by atoms with Crippen LogP contribution >= 0.6 is 10.1 Å². The van der Waals surface area contributed by atoms with Gasteiger partial charge in [0, 0.05) is 0 Å². The van der Waals surface area contributed by atoms with Crippen LogP contribution < -0.4 is 4.46 Å². The van der Waals surface area contributed by atoms with Gasteiger partial charge in [-0.05, 0) is 0 Å². The van der Waals surface area contributed by atoms with Crippen LogP contribution in [0.25, 0.3) is 11.3 Å². The number of pyridine rings is 1. The molecular weight excluding hydrogens is 261 g/mol. The van der Waals surface area contributed by atoms with Crippen molar-refractivity contribution in [2.75, 3.05) is 0 Å². The number of aromatic nitrogens is 1. The molecule has 14 heavy (non-hydrogen) atoms. The van der Waals surface area contributed by atoms with Crippen LogP contribution in [0.3, 0.4) is 0 Å². The van der Waals surface area contributed by atoms with Crippen LogP contribution in [0.2, 0.25) is 0 Å². The molecule has 1 heterocycles. The van der Waals surface area contributed by atoms with Crippen molar-refractivity contribution in [1.82, 2.24) is 4.98 Å². The van der Waals surface area contributed by atoms with Gasteiger partial charge in [-0.2, -0.15) is 0 Å². The Bertz CT molecular complexity index is 417. The summed E-state index contributed by atoms with van der Waals surface area (Å²) >= 11 is -0.00584. The molecule has 0 fully saturated rings. The van der Waals surface area contributed by atoms with Gasteiger partial charge in [0.05, 0.1) is 0 Å². The average molecular weight is 269 g/mol. The first-order chi connectivity index (χ1) is 6.92. The summed E-state index contributed by atoms with van der Waals surface area (Å²) in [7, 11) is 5.92. The predicted molar refractivity (Wildman–Crippen MR) is 60.9 cm³/mol. The molecule has 0 spiro atoms. The molecule has 0 aliphatic heterocycles. The van der Waals surface area contributed by atoms with Crippen molar-refractivity contribution in [2.24, 2.45) is 0 Å². The van der Waals surface area contributed by atoms with Crippen LogP contribution in [0, 0.1) is 0 Å². The van der Waals surface area contributed by atoms with Gasteiger partial charge in [0.1, 0.15) is 0 Å². The van der Waals surface area contributed by atoms with Gasteiger partial charge in [-0.3, -0.25) is 0 Å². The zero-order chi connectivity index (χ0) is 9.80. The fraction of sp³-hybridized carbons (Fsp3) is 0. The summed E-state index contributed by atoms with van der Waals surface area (Å²) < 4.78 is 1.18. The number of hydrogen-bond donors (Lipinski definition) is 0. The molecule has 1 aromatic carbocycles. The number of hydrogen-bond acceptors (Lipinski definition) is 1. The summed E-state index contributed by atoms with van der Waals surface area (Å²) in [4.78, 5) is 4.31. The zero-order valence-corrected chi connectivity index (χ0v) is 9.82. The number of nitrogens with zero attached hydrogens (tertiary/aromatic N) is 1. The fourth-order valence-electron chi connectivity index (χ4n) is 1.27. The molecule has 2 rings (SSSR count). The van der Waals surface area contributed by atoms with Crippen LogP contribution in [0.5, 0.6) is 0 Å². The Hall–Kier alpha value is -0.821. The van der Waals surface area contributed by atoms with Crippen LogP contribution in [0.15, 0.2) is 48.7 Å². The second kappa shape index (κ2) is 4.61. The summed E-state index contributed by atoms with van der Waals surface area (Å²) in [5.41, 5.74) is 2.13. The molecule has 2 aromatic rings. The Morgan fingerprint density at radius 2 is 1.79 bits per heavy atom. The topological polar surface area (TPSA) is 12.9 Å². The van der Waals surface area contributed by atoms with Crippen molar-refractivity contribution >= 4 is 28.6 Å². The van der Waals surface area contributed by atoms with Crippen LogP contribution in [0.1, 0.15) is 0 Å². The molecule has 0 aliphatic carbocycles. The summed E-state index contributed by atoms with van der Waals surface area (Å²) in [5.74, 6) is 0. The van der Waals surface area contributed by atoms with E-state index in [-0.39, 0.29) is 14.0 Å². The Labute approximate surface area is 93.5 Å². The van der Waals surface area contributed by atoms with Gasteiger partial charge in [0.2, 0.25) is 0 Å². The summed E-state index contributed by atoms with van der Waals surface area (Å²) in [6.07, 6.45) is 1.80. The summed E-state index contributed by atoms with van der Waals surface area (Å²) in [6, 6.07) is 14.0. The maximum atomic E-state index is 5.92. The van der Waals surface area contributed by atoms with Crippen molar-refractivity contribution in [3.63, 3.8) is 0 Å². The number of halogens is 1. The molecule has 0 saturated carbocycles. The van der Waals surface area contributed by atoms with Crippen molar-refractivity contribution in [3.8, 4) is 11.3 Å². The first-order valence-corrected chi connectivity index (χ1v) is 7.31. The van der Waals surface area contributed by atoms with Crippen LogP contribution in [-0.4, -0.2) is 19.0 Å². The molecule has 0 amide bonds. The van der Waals surface area contributed by atoms with E-state index in [1.54, 1.807) is 6.20 Å². The number of rotatable bonds is 2. The van der Waals surface area contributed by atoms with Crippen molar-refractivity contribution in [3.05, 3.63) is 48.7 Å². The Morgan fingerprint density at radius 3 is 2.50 bits per heavy atom. The molecule has 3 heteroatoms. The van der Waals surface area contributed by atoms with Gasteiger partial charge in [-0.25, -0.2) is 0 Å². The quantitative estimate of drug-likeness (QED) is 0.761. The zero-order valence-electron chi connectivity index (χ0n) is 7.35. The van der Waals surface area contributed by atoms with E-state index in [9.17, 15) is 0 Å². The summed E-state index contributed by atoms with van der Waals surface area (Å²) in [5, 5.41) is 0. The van der Waals surface area contributed by atoms with Crippen molar-refractivity contribution in [1.29, 1.82) is 0 Å². The van der Waals surface area contributed by atoms with Crippen LogP contribution in [0.4, 0.5) is 0 Å². The van der Waals surface area contributed by atoms with Gasteiger partial charge in [0.25, 0.3) is 0 Å². The minimum absolute atomic E-state index is 0.00584. The Kier molecular flexibility index (Phi) is 3.20. The second-order valence-corrected chi connectivity index (χ2v) is 4.84. The fourth-order valence-corrected chi connectivity index (χ4v) is 2.78. The van der Waals surface area contributed by atoms with E-state index in [1.165, 1.54) is 4.46 Å². The summed E-state index contributed by atoms with van der Waals surface area (Å²) in [6.45, 7) is 0. The van der Waals surface area contributed by atoms with Crippen molar-refractivity contribution < 1.29 is 0 Å². The first-order valence-electron chi connectivity index (χ1n) is 4.21. The molecule has 0 bridgehead atoms. The van der Waals surface area contributed by atoms with E-state index in [2.05, 4.69) is 17.1 Å². The number of benzene rings is 1. The standard InChI is InChI=1S/C11H8ClNSe/c12-14-11-7-2-1-5-9(11)10-6-3-4-8-13-10/h1-8H. The third-order valence-corrected chi connectivity index (χ3v) is 3.87. The molecule has 1 nitrogen and oxygen atoms in total. The van der Waals surface area contributed by atoms with Crippen LogP contribution in [-0.2, 0) is 0 Å². The van der Waals surface area contributed by atoms with E-state index in [1.807, 2.05) is 30.3 Å². The van der Waals surface area contributed by atoms with Gasteiger partial charge >= 0.3 is 93.5 Å². The van der Waals surface area contributed by atoms with E-state index in [4.69, 9.17) is 10.1 Å². The second-order valence-electron chi connectivity index (χ2n) is 2.79. The van der Waals surface area contributed by atoms with Gasteiger partial charge in [-0.15, -0.1) is 0 Å². The third kappa shape index (κ3) is 1.98. The molecule has 0 atom stereocenters. The van der Waals surface area contributed by atoms with Gasteiger partial charge in [-0.1, -0.05) is 0 Å². The molecule has 0 aliphatic rings. The average Bonchev–Trinajstić information content (AvgIpc) is 2.30. The minimum atomic E-state index is -0.00584. The first kappa shape index (κ1) is 9.72. The van der Waals surface area contributed by atoms with E-state index in [0.717, 1.165) is 11.3 Å². The molecule has 0 N–H and O–H groups in total. The normalized spacial score (nSPS) is 10.1. The monoisotopic (exact) mass is 269 g/mol.